The van der Waals surface area contributed by atoms with Crippen LogP contribution in [0, 0.1) is 70.0 Å². The van der Waals surface area contributed by atoms with Gasteiger partial charge >= 0.3 is 0 Å². The summed E-state index contributed by atoms with van der Waals surface area (Å²) in [4.78, 5) is 0. The van der Waals surface area contributed by atoms with E-state index in [1.165, 1.54) is 64.2 Å². The van der Waals surface area contributed by atoms with Crippen LogP contribution in [0.25, 0.3) is 0 Å². The molecule has 5 aliphatic rings. The summed E-state index contributed by atoms with van der Waals surface area (Å²) >= 11 is 0. The van der Waals surface area contributed by atoms with E-state index in [4.69, 9.17) is 0 Å². The first-order valence-electron chi connectivity index (χ1n) is 13.4. The standard InChI is InChI=1S/C28H48O/c1-17(2)14-20-15-22(20)18(3)23-8-9-25-21-6-7-24-19(16-29)10-12-28(24,5)26(21)11-13-27(23,25)4/h17-26,29H,6-16H2,1-5H3. The maximum atomic E-state index is 9.94. The van der Waals surface area contributed by atoms with E-state index in [9.17, 15) is 5.11 Å². The third kappa shape index (κ3) is 3.10. The summed E-state index contributed by atoms with van der Waals surface area (Å²) in [6.07, 6.45) is 14.6. The number of aliphatic hydroxyl groups excluding tert-OH is 1. The lowest BCUT2D eigenvalue weighted by Crippen LogP contribution is -2.51. The van der Waals surface area contributed by atoms with Gasteiger partial charge in [-0.25, -0.2) is 0 Å². The van der Waals surface area contributed by atoms with Crippen LogP contribution in [0.5, 0.6) is 0 Å². The highest BCUT2D eigenvalue weighted by molar-refractivity contribution is 5.12. The Hall–Kier alpha value is -0.0400. The monoisotopic (exact) mass is 400 g/mol. The molecule has 0 aromatic rings. The molecule has 11 unspecified atom stereocenters. The quantitative estimate of drug-likeness (QED) is 0.518. The first kappa shape index (κ1) is 20.8. The van der Waals surface area contributed by atoms with Gasteiger partial charge in [0.1, 0.15) is 0 Å². The van der Waals surface area contributed by atoms with Crippen molar-refractivity contribution in [3.63, 3.8) is 0 Å². The Balaban J connectivity index is 1.31. The summed E-state index contributed by atoms with van der Waals surface area (Å²) in [7, 11) is 0. The largest absolute Gasteiger partial charge is 0.396 e. The lowest BCUT2D eigenvalue weighted by molar-refractivity contribution is -0.0982. The molecule has 5 fully saturated rings. The van der Waals surface area contributed by atoms with Crippen LogP contribution < -0.4 is 0 Å². The highest BCUT2D eigenvalue weighted by Crippen LogP contribution is 2.70. The smallest absolute Gasteiger partial charge is 0.0462 e. The van der Waals surface area contributed by atoms with Crippen molar-refractivity contribution in [3.05, 3.63) is 0 Å². The topological polar surface area (TPSA) is 20.2 Å². The average Bonchev–Trinajstić information content (AvgIpc) is 3.20. The lowest BCUT2D eigenvalue weighted by Gasteiger charge is -2.58. The molecular weight excluding hydrogens is 352 g/mol. The fourth-order valence-corrected chi connectivity index (χ4v) is 10.5. The SMILES string of the molecule is CC(C)CC1CC1C(C)C1CCC2C3CCC4C(CO)CCC4(C)C3CCC12C. The van der Waals surface area contributed by atoms with Crippen molar-refractivity contribution in [2.75, 3.05) is 6.61 Å². The summed E-state index contributed by atoms with van der Waals surface area (Å²) in [6, 6.07) is 0. The summed E-state index contributed by atoms with van der Waals surface area (Å²) < 4.78 is 0. The molecule has 5 aliphatic carbocycles. The molecule has 1 heteroatoms. The number of rotatable bonds is 5. The zero-order chi connectivity index (χ0) is 20.6. The molecular formula is C28H48O. The van der Waals surface area contributed by atoms with E-state index >= 15 is 0 Å². The molecule has 0 amide bonds. The molecule has 0 aliphatic heterocycles. The highest BCUT2D eigenvalue weighted by Gasteiger charge is 2.63. The third-order valence-electron chi connectivity index (χ3n) is 11.9. The maximum absolute atomic E-state index is 9.94. The zero-order valence-corrected chi connectivity index (χ0v) is 20.0. The Morgan fingerprint density at radius 2 is 1.48 bits per heavy atom. The van der Waals surface area contributed by atoms with E-state index in [-0.39, 0.29) is 0 Å². The molecule has 29 heavy (non-hydrogen) atoms. The maximum Gasteiger partial charge on any atom is 0.0462 e. The van der Waals surface area contributed by atoms with E-state index in [1.54, 1.807) is 0 Å². The van der Waals surface area contributed by atoms with Gasteiger partial charge in [0.25, 0.3) is 0 Å². The second-order valence-electron chi connectivity index (χ2n) is 13.4. The molecule has 5 rings (SSSR count). The van der Waals surface area contributed by atoms with Gasteiger partial charge in [0.15, 0.2) is 0 Å². The number of aliphatic hydroxyl groups is 1. The van der Waals surface area contributed by atoms with E-state index in [1.807, 2.05) is 0 Å². The average molecular weight is 401 g/mol. The van der Waals surface area contributed by atoms with Crippen molar-refractivity contribution in [3.8, 4) is 0 Å². The summed E-state index contributed by atoms with van der Waals surface area (Å²) in [5.41, 5.74) is 1.17. The van der Waals surface area contributed by atoms with E-state index < -0.39 is 0 Å². The number of fused-ring (bicyclic) bond motifs is 5. The number of hydrogen-bond donors (Lipinski definition) is 1. The van der Waals surface area contributed by atoms with Crippen LogP contribution in [0.1, 0.15) is 98.8 Å². The molecule has 0 radical (unpaired) electrons. The van der Waals surface area contributed by atoms with E-state index in [0.717, 1.165) is 53.3 Å². The summed E-state index contributed by atoms with van der Waals surface area (Å²) in [5.74, 6) is 9.31. The minimum absolute atomic E-state index is 0.442. The molecule has 0 bridgehead atoms. The molecule has 0 aromatic carbocycles. The molecule has 166 valence electrons. The predicted molar refractivity (Wildman–Crippen MR) is 121 cm³/mol. The third-order valence-corrected chi connectivity index (χ3v) is 11.9. The lowest BCUT2D eigenvalue weighted by atomic mass is 9.46. The van der Waals surface area contributed by atoms with Crippen LogP contribution in [0.3, 0.4) is 0 Å². The summed E-state index contributed by atoms with van der Waals surface area (Å²) in [6.45, 7) is 13.3. The Labute approximate surface area is 180 Å². The van der Waals surface area contributed by atoms with Gasteiger partial charge in [-0.15, -0.1) is 0 Å². The fraction of sp³-hybridized carbons (Fsp3) is 1.00. The number of hydrogen-bond acceptors (Lipinski definition) is 1. The van der Waals surface area contributed by atoms with Crippen LogP contribution >= 0.6 is 0 Å². The molecule has 0 aromatic heterocycles. The Bertz CT molecular complexity index is 611. The van der Waals surface area contributed by atoms with E-state index in [2.05, 4.69) is 34.6 Å². The summed E-state index contributed by atoms with van der Waals surface area (Å²) in [5, 5.41) is 9.94. The normalized spacial score (nSPS) is 54.7. The van der Waals surface area contributed by atoms with Crippen molar-refractivity contribution in [2.24, 2.45) is 70.0 Å². The van der Waals surface area contributed by atoms with Gasteiger partial charge in [0.05, 0.1) is 0 Å². The molecule has 1 nitrogen and oxygen atoms in total. The molecule has 0 heterocycles. The van der Waals surface area contributed by atoms with Crippen LogP contribution in [0.2, 0.25) is 0 Å². The Kier molecular flexibility index (Phi) is 5.21. The predicted octanol–water partition coefficient (Wildman–Crippen LogP) is 7.18. The van der Waals surface area contributed by atoms with Crippen molar-refractivity contribution in [1.29, 1.82) is 0 Å². The molecule has 1 N–H and O–H groups in total. The second-order valence-corrected chi connectivity index (χ2v) is 13.4. The fourth-order valence-electron chi connectivity index (χ4n) is 10.5. The van der Waals surface area contributed by atoms with Crippen molar-refractivity contribution < 1.29 is 5.11 Å². The minimum Gasteiger partial charge on any atom is -0.396 e. The first-order valence-corrected chi connectivity index (χ1v) is 13.4. The molecule has 11 atom stereocenters. The minimum atomic E-state index is 0.442. The van der Waals surface area contributed by atoms with Gasteiger partial charge in [-0.1, -0.05) is 34.6 Å². The van der Waals surface area contributed by atoms with Gasteiger partial charge in [0, 0.05) is 6.61 Å². The first-order chi connectivity index (χ1) is 13.8. The molecule has 0 spiro atoms. The van der Waals surface area contributed by atoms with Gasteiger partial charge in [-0.2, -0.15) is 0 Å². The highest BCUT2D eigenvalue weighted by atomic mass is 16.3. The van der Waals surface area contributed by atoms with E-state index in [0.29, 0.717) is 23.4 Å². The second kappa shape index (κ2) is 7.25. The van der Waals surface area contributed by atoms with Gasteiger partial charge < -0.3 is 5.11 Å². The van der Waals surface area contributed by atoms with Crippen molar-refractivity contribution >= 4 is 0 Å². The Morgan fingerprint density at radius 1 is 0.793 bits per heavy atom. The van der Waals surface area contributed by atoms with Crippen LogP contribution in [-0.2, 0) is 0 Å². The van der Waals surface area contributed by atoms with Crippen LogP contribution in [0.15, 0.2) is 0 Å². The van der Waals surface area contributed by atoms with Gasteiger partial charge in [-0.05, 0) is 134 Å². The van der Waals surface area contributed by atoms with Crippen molar-refractivity contribution in [2.45, 2.75) is 98.8 Å². The van der Waals surface area contributed by atoms with Gasteiger partial charge in [0.2, 0.25) is 0 Å². The van der Waals surface area contributed by atoms with Crippen molar-refractivity contribution in [1.82, 2.24) is 0 Å². The Morgan fingerprint density at radius 3 is 2.21 bits per heavy atom. The molecule has 5 saturated carbocycles. The van der Waals surface area contributed by atoms with Crippen LogP contribution in [0.4, 0.5) is 0 Å². The van der Waals surface area contributed by atoms with Crippen LogP contribution in [-0.4, -0.2) is 11.7 Å². The zero-order valence-electron chi connectivity index (χ0n) is 20.0. The van der Waals surface area contributed by atoms with Gasteiger partial charge in [-0.3, -0.25) is 0 Å². The molecule has 0 saturated heterocycles.